The fourth-order valence-corrected chi connectivity index (χ4v) is 1.91. The van der Waals surface area contributed by atoms with E-state index in [0.717, 1.165) is 0 Å². The van der Waals surface area contributed by atoms with Gasteiger partial charge in [-0.2, -0.15) is 5.26 Å². The summed E-state index contributed by atoms with van der Waals surface area (Å²) in [6.07, 6.45) is 1.34. The van der Waals surface area contributed by atoms with Gasteiger partial charge in [0.2, 0.25) is 0 Å². The molecule has 0 unspecified atom stereocenters. The number of hydrogen-bond donors (Lipinski definition) is 2. The molecular formula is C17H14ClN3O2. The minimum atomic E-state index is -0.529. The number of nitrogens with one attached hydrogen (secondary N) is 2. The van der Waals surface area contributed by atoms with Crippen LogP contribution in [0.25, 0.3) is 0 Å². The molecule has 0 aliphatic carbocycles. The lowest BCUT2D eigenvalue weighted by molar-refractivity contribution is -0.112. The second-order valence-electron chi connectivity index (χ2n) is 4.48. The number of methoxy groups -OCH3 is 1. The van der Waals surface area contributed by atoms with E-state index in [1.54, 1.807) is 48.5 Å². The molecule has 1 amide bonds. The van der Waals surface area contributed by atoms with Gasteiger partial charge >= 0.3 is 0 Å². The molecule has 0 heterocycles. The monoisotopic (exact) mass is 327 g/mol. The third-order valence-corrected chi connectivity index (χ3v) is 3.20. The van der Waals surface area contributed by atoms with Crippen LogP contribution in [0.15, 0.2) is 60.3 Å². The number of para-hydroxylation sites is 2. The van der Waals surface area contributed by atoms with Gasteiger partial charge in [-0.3, -0.25) is 4.79 Å². The molecule has 0 aliphatic rings. The summed E-state index contributed by atoms with van der Waals surface area (Å²) in [6.45, 7) is 0. The Labute approximate surface area is 139 Å². The van der Waals surface area contributed by atoms with Crippen molar-refractivity contribution >= 4 is 28.9 Å². The van der Waals surface area contributed by atoms with Crippen molar-refractivity contribution in [3.05, 3.63) is 65.3 Å². The van der Waals surface area contributed by atoms with Crippen molar-refractivity contribution in [2.75, 3.05) is 17.7 Å². The van der Waals surface area contributed by atoms with Crippen LogP contribution in [-0.2, 0) is 4.79 Å². The molecule has 0 atom stereocenters. The number of ether oxygens (including phenoxy) is 1. The maximum Gasteiger partial charge on any atom is 0.267 e. The highest BCUT2D eigenvalue weighted by Gasteiger charge is 2.11. The van der Waals surface area contributed by atoms with Gasteiger partial charge in [0.15, 0.2) is 0 Å². The lowest BCUT2D eigenvalue weighted by Crippen LogP contribution is -2.15. The summed E-state index contributed by atoms with van der Waals surface area (Å²) in [5.41, 5.74) is 1.14. The van der Waals surface area contributed by atoms with Gasteiger partial charge in [0.25, 0.3) is 5.91 Å². The van der Waals surface area contributed by atoms with Gasteiger partial charge in [-0.25, -0.2) is 0 Å². The molecule has 23 heavy (non-hydrogen) atoms. The number of nitriles is 1. The van der Waals surface area contributed by atoms with E-state index in [-0.39, 0.29) is 5.57 Å². The average molecular weight is 328 g/mol. The number of hydrogen-bond acceptors (Lipinski definition) is 4. The maximum absolute atomic E-state index is 12.2. The summed E-state index contributed by atoms with van der Waals surface area (Å²) in [6, 6.07) is 15.7. The predicted octanol–water partition coefficient (Wildman–Crippen LogP) is 3.81. The topological polar surface area (TPSA) is 74.1 Å². The predicted molar refractivity (Wildman–Crippen MR) is 90.4 cm³/mol. The Bertz CT molecular complexity index is 764. The number of amides is 1. The molecule has 0 radical (unpaired) electrons. The molecule has 0 fully saturated rings. The summed E-state index contributed by atoms with van der Waals surface area (Å²) in [4.78, 5) is 12.2. The Morgan fingerprint density at radius 2 is 1.91 bits per heavy atom. The first-order valence-electron chi connectivity index (χ1n) is 6.71. The first-order valence-corrected chi connectivity index (χ1v) is 7.08. The molecule has 0 aliphatic heterocycles. The number of rotatable bonds is 5. The van der Waals surface area contributed by atoms with Crippen LogP contribution in [0.3, 0.4) is 0 Å². The van der Waals surface area contributed by atoms with Crippen molar-refractivity contribution in [3.63, 3.8) is 0 Å². The number of halogens is 1. The summed E-state index contributed by atoms with van der Waals surface area (Å²) in [5.74, 6) is -0.0118. The van der Waals surface area contributed by atoms with E-state index in [2.05, 4.69) is 10.6 Å². The Morgan fingerprint density at radius 1 is 1.22 bits per heavy atom. The van der Waals surface area contributed by atoms with E-state index >= 15 is 0 Å². The van der Waals surface area contributed by atoms with E-state index in [9.17, 15) is 4.79 Å². The Balaban J connectivity index is 2.10. The first kappa shape index (κ1) is 16.4. The van der Waals surface area contributed by atoms with E-state index in [4.69, 9.17) is 21.6 Å². The van der Waals surface area contributed by atoms with Crippen LogP contribution in [0.1, 0.15) is 0 Å². The Morgan fingerprint density at radius 3 is 2.57 bits per heavy atom. The maximum atomic E-state index is 12.2. The van der Waals surface area contributed by atoms with E-state index in [0.29, 0.717) is 22.1 Å². The highest BCUT2D eigenvalue weighted by atomic mass is 35.5. The van der Waals surface area contributed by atoms with Crippen LogP contribution in [0.4, 0.5) is 11.4 Å². The number of anilines is 2. The van der Waals surface area contributed by atoms with Crippen LogP contribution in [-0.4, -0.2) is 13.0 Å². The Hall–Kier alpha value is -2.97. The van der Waals surface area contributed by atoms with Gasteiger partial charge in [-0.15, -0.1) is 0 Å². The molecule has 0 spiro atoms. The average Bonchev–Trinajstić information content (AvgIpc) is 2.57. The van der Waals surface area contributed by atoms with E-state index in [1.807, 2.05) is 6.07 Å². The number of carbonyl (C=O) groups excluding carboxylic acids is 1. The zero-order valence-electron chi connectivity index (χ0n) is 12.3. The molecule has 116 valence electrons. The van der Waals surface area contributed by atoms with Crippen molar-refractivity contribution in [1.29, 1.82) is 5.26 Å². The number of benzene rings is 2. The summed E-state index contributed by atoms with van der Waals surface area (Å²) >= 11 is 5.80. The molecule has 0 bridgehead atoms. The normalized spacial score (nSPS) is 10.6. The lowest BCUT2D eigenvalue weighted by Gasteiger charge is -2.09. The molecule has 0 saturated heterocycles. The molecular weight excluding hydrogens is 314 g/mol. The molecule has 2 aromatic rings. The van der Waals surface area contributed by atoms with Gasteiger partial charge in [0, 0.05) is 16.9 Å². The highest BCUT2D eigenvalue weighted by Crippen LogP contribution is 2.23. The SMILES string of the molecule is COc1ccccc1NC(=O)/C(C#N)=C\Nc1ccc(Cl)cc1. The molecule has 6 heteroatoms. The summed E-state index contributed by atoms with van der Waals surface area (Å²) in [7, 11) is 1.51. The van der Waals surface area contributed by atoms with Crippen molar-refractivity contribution in [3.8, 4) is 11.8 Å². The zero-order chi connectivity index (χ0) is 16.7. The fourth-order valence-electron chi connectivity index (χ4n) is 1.79. The van der Waals surface area contributed by atoms with Gasteiger partial charge < -0.3 is 15.4 Å². The molecule has 2 N–H and O–H groups in total. The summed E-state index contributed by atoms with van der Waals surface area (Å²) < 4.78 is 5.15. The lowest BCUT2D eigenvalue weighted by atomic mass is 10.2. The smallest absolute Gasteiger partial charge is 0.267 e. The van der Waals surface area contributed by atoms with Crippen LogP contribution in [0.2, 0.25) is 5.02 Å². The molecule has 2 rings (SSSR count). The van der Waals surface area contributed by atoms with Crippen molar-refractivity contribution in [2.45, 2.75) is 0 Å². The van der Waals surface area contributed by atoms with Crippen LogP contribution in [0, 0.1) is 11.3 Å². The van der Waals surface area contributed by atoms with Crippen LogP contribution >= 0.6 is 11.6 Å². The summed E-state index contributed by atoms with van der Waals surface area (Å²) in [5, 5.41) is 15.3. The quantitative estimate of drug-likeness (QED) is 0.647. The van der Waals surface area contributed by atoms with Crippen molar-refractivity contribution in [1.82, 2.24) is 0 Å². The Kier molecular flexibility index (Phi) is 5.61. The van der Waals surface area contributed by atoms with Crippen LogP contribution < -0.4 is 15.4 Å². The largest absolute Gasteiger partial charge is 0.495 e. The second-order valence-corrected chi connectivity index (χ2v) is 4.91. The van der Waals surface area contributed by atoms with Crippen LogP contribution in [0.5, 0.6) is 5.75 Å². The van der Waals surface area contributed by atoms with Gasteiger partial charge in [-0.05, 0) is 36.4 Å². The molecule has 0 aromatic heterocycles. The van der Waals surface area contributed by atoms with E-state index in [1.165, 1.54) is 13.3 Å². The van der Waals surface area contributed by atoms with Gasteiger partial charge in [0.1, 0.15) is 17.4 Å². The third kappa shape index (κ3) is 4.50. The first-order chi connectivity index (χ1) is 11.1. The minimum Gasteiger partial charge on any atom is -0.495 e. The van der Waals surface area contributed by atoms with Crippen molar-refractivity contribution in [2.24, 2.45) is 0 Å². The van der Waals surface area contributed by atoms with Gasteiger partial charge in [-0.1, -0.05) is 23.7 Å². The number of carbonyl (C=O) groups is 1. The zero-order valence-corrected chi connectivity index (χ0v) is 13.1. The molecule has 5 nitrogen and oxygen atoms in total. The standard InChI is InChI=1S/C17H14ClN3O2/c1-23-16-5-3-2-4-15(16)21-17(22)12(10-19)11-20-14-8-6-13(18)7-9-14/h2-9,11,20H,1H3,(H,21,22)/b12-11-. The molecule has 2 aromatic carbocycles. The second kappa shape index (κ2) is 7.87. The van der Waals surface area contributed by atoms with Crippen molar-refractivity contribution < 1.29 is 9.53 Å². The highest BCUT2D eigenvalue weighted by molar-refractivity contribution is 6.30. The van der Waals surface area contributed by atoms with E-state index < -0.39 is 5.91 Å². The fraction of sp³-hybridized carbons (Fsp3) is 0.0588. The van der Waals surface area contributed by atoms with Gasteiger partial charge in [0.05, 0.1) is 12.8 Å². The minimum absolute atomic E-state index is 0.0640. The molecule has 0 saturated carbocycles. The third-order valence-electron chi connectivity index (χ3n) is 2.95. The number of nitrogens with zero attached hydrogens (tertiary/aromatic N) is 1.